The third-order valence-corrected chi connectivity index (χ3v) is 9.16. The van der Waals surface area contributed by atoms with Gasteiger partial charge in [-0.2, -0.15) is 0 Å². The highest BCUT2D eigenvalue weighted by Gasteiger charge is 2.40. The molecule has 4 heteroatoms. The Morgan fingerprint density at radius 2 is 0.851 bits per heavy atom. The molecule has 0 amide bonds. The molecule has 0 spiro atoms. The highest BCUT2D eigenvalue weighted by Crippen LogP contribution is 2.50. The Hall–Kier alpha value is -2.59. The molecule has 0 saturated carbocycles. The molecule has 0 aromatic heterocycles. The van der Waals surface area contributed by atoms with Gasteiger partial charge < -0.3 is 27.2 Å². The Kier molecular flexibility index (Phi) is 11.0. The fourth-order valence-corrected chi connectivity index (χ4v) is 5.92. The van der Waals surface area contributed by atoms with Crippen molar-refractivity contribution < 1.29 is 32.0 Å². The van der Waals surface area contributed by atoms with Crippen molar-refractivity contribution in [3.63, 3.8) is 0 Å². The molecule has 0 atom stereocenters. The van der Waals surface area contributed by atoms with E-state index in [1.165, 1.54) is 0 Å². The summed E-state index contributed by atoms with van der Waals surface area (Å²) < 4.78 is 0. The lowest BCUT2D eigenvalue weighted by atomic mass is 9.70. The molecule has 2 aromatic rings. The quantitative estimate of drug-likeness (QED) is 0.243. The molecule has 47 heavy (non-hydrogen) atoms. The number of halogens is 1. The molecule has 3 N–H and O–H groups in total. The molecule has 2 aromatic carbocycles. The molecule has 1 aliphatic carbocycles. The van der Waals surface area contributed by atoms with Gasteiger partial charge in [-0.3, -0.25) is 4.79 Å². The molecular weight excluding hydrogens is 644 g/mol. The van der Waals surface area contributed by atoms with Crippen molar-refractivity contribution in [2.75, 3.05) is 0 Å². The molecular formula is C43H63BrO3. The van der Waals surface area contributed by atoms with Crippen LogP contribution in [0, 0.1) is 10.8 Å². The fourth-order valence-electron chi connectivity index (χ4n) is 5.92. The molecule has 3 rings (SSSR count). The first-order valence-corrected chi connectivity index (χ1v) is 16.9. The summed E-state index contributed by atoms with van der Waals surface area (Å²) in [5, 5.41) is 24.6. The van der Waals surface area contributed by atoms with Gasteiger partial charge in [0, 0.05) is 27.8 Å². The van der Waals surface area contributed by atoms with Gasteiger partial charge in [0.2, 0.25) is 0 Å². The first-order chi connectivity index (χ1) is 20.4. The summed E-state index contributed by atoms with van der Waals surface area (Å²) in [5.41, 5.74) is 6.47. The number of rotatable bonds is 2. The van der Waals surface area contributed by atoms with Crippen LogP contribution < -0.4 is 17.0 Å². The Bertz CT molecular complexity index is 1550. The van der Waals surface area contributed by atoms with E-state index in [1.54, 1.807) is 0 Å². The highest BCUT2D eigenvalue weighted by atomic mass is 79.9. The summed E-state index contributed by atoms with van der Waals surface area (Å²) in [5.74, 6) is 0.517. The Labute approximate surface area is 297 Å². The molecule has 0 heterocycles. The first-order valence-electron chi connectivity index (χ1n) is 16.9. The van der Waals surface area contributed by atoms with Crippen LogP contribution in [0.1, 0.15) is 158 Å². The van der Waals surface area contributed by atoms with Gasteiger partial charge in [-0.05, 0) is 73.5 Å². The summed E-state index contributed by atoms with van der Waals surface area (Å²) >= 11 is 0. The number of allylic oxidation sites excluding steroid dienone is 5. The summed E-state index contributed by atoms with van der Waals surface area (Å²) in [6.45, 7) is 38.7. The van der Waals surface area contributed by atoms with Crippen LogP contribution in [-0.2, 0) is 21.7 Å². The van der Waals surface area contributed by atoms with Gasteiger partial charge in [-0.25, -0.2) is 0 Å². The summed E-state index contributed by atoms with van der Waals surface area (Å²) in [4.78, 5) is 12.3. The van der Waals surface area contributed by atoms with Crippen LogP contribution in [0.4, 0.5) is 0 Å². The third-order valence-electron chi connectivity index (χ3n) is 9.16. The Balaban J connectivity index is 0.00000768. The van der Waals surface area contributed by atoms with Gasteiger partial charge in [-0.15, -0.1) is 0 Å². The van der Waals surface area contributed by atoms with E-state index >= 15 is 0 Å². The molecule has 0 bridgehead atoms. The second-order valence-electron chi connectivity index (χ2n) is 19.6. The number of hydrogen-bond acceptors (Lipinski definition) is 2. The standard InChI is InChI=1S/C43H62O3.BrH/c1-38(2,3)25-19-28(35(44)31(22-25)41(10,11)12)34(29-20-26(39(4,5)6)23-32(36(29)45)42(13,14)15)30-21-27(40(7,8)9)24-33(37(30)46)43(16,17)18;/h19-24,44-45H,1-18H3;1H. The summed E-state index contributed by atoms with van der Waals surface area (Å²) in [6.07, 6.45) is 4.19. The van der Waals surface area contributed by atoms with Crippen LogP contribution in [0.15, 0.2) is 53.1 Å². The van der Waals surface area contributed by atoms with E-state index in [9.17, 15) is 15.0 Å². The van der Waals surface area contributed by atoms with Crippen molar-refractivity contribution in [3.05, 3.63) is 86.5 Å². The van der Waals surface area contributed by atoms with E-state index in [4.69, 9.17) is 0 Å². The number of carbonyl (C=O) groups excluding carboxylic acids is 1. The third kappa shape index (κ3) is 8.53. The second kappa shape index (κ2) is 12.7. The van der Waals surface area contributed by atoms with E-state index < -0.39 is 0 Å². The van der Waals surface area contributed by atoms with Crippen molar-refractivity contribution in [1.29, 1.82) is 0 Å². The van der Waals surface area contributed by atoms with E-state index in [2.05, 4.69) is 161 Å². The predicted molar refractivity (Wildman–Crippen MR) is 199 cm³/mol. The Morgan fingerprint density at radius 3 is 1.13 bits per heavy atom. The van der Waals surface area contributed by atoms with Crippen LogP contribution in [0.25, 0.3) is 5.57 Å². The van der Waals surface area contributed by atoms with Crippen LogP contribution >= 0.6 is 0 Å². The highest BCUT2D eigenvalue weighted by molar-refractivity contribution is 6.19. The molecule has 3 nitrogen and oxygen atoms in total. The van der Waals surface area contributed by atoms with Crippen molar-refractivity contribution in [1.82, 2.24) is 0 Å². The lowest BCUT2D eigenvalue weighted by molar-refractivity contribution is -0.0000154. The van der Waals surface area contributed by atoms with Gasteiger partial charge in [0.1, 0.15) is 11.5 Å². The van der Waals surface area contributed by atoms with Gasteiger partial charge in [0.05, 0.1) is 11.1 Å². The minimum absolute atomic E-state index is 0. The molecule has 0 unspecified atom stereocenters. The SMILES string of the molecule is CC(C)(C)C1=CC(=C(c2cc(C(C)(C)C)cc(C(C)(C)C)c2O)c2cc(C(C)(C)C)cc(C(C)(C)C)c2O)C(=[OH+])C(C(C)(C)C)=C1.[Br-]. The summed E-state index contributed by atoms with van der Waals surface area (Å²) in [6, 6.07) is 8.38. The van der Waals surface area contributed by atoms with E-state index in [0.29, 0.717) is 22.3 Å². The number of hydrogen-bond donors (Lipinski definition) is 2. The number of phenols is 2. The minimum atomic E-state index is -0.358. The maximum atomic E-state index is 12.3. The maximum Gasteiger partial charge on any atom is 0.351 e. The van der Waals surface area contributed by atoms with Gasteiger partial charge in [-0.1, -0.05) is 137 Å². The average Bonchev–Trinajstić information content (AvgIpc) is 2.82. The molecule has 0 fully saturated rings. The maximum absolute atomic E-state index is 12.3. The zero-order valence-corrected chi connectivity index (χ0v) is 34.3. The van der Waals surface area contributed by atoms with E-state index in [1.807, 2.05) is 0 Å². The first kappa shape index (κ1) is 40.6. The van der Waals surface area contributed by atoms with Gasteiger partial charge >= 0.3 is 5.78 Å². The lowest BCUT2D eigenvalue weighted by Gasteiger charge is -2.32. The zero-order chi connectivity index (χ0) is 35.7. The topological polar surface area (TPSA) is 61.9 Å². The number of benzene rings is 2. The molecule has 260 valence electrons. The van der Waals surface area contributed by atoms with Crippen molar-refractivity contribution >= 4 is 11.4 Å². The van der Waals surface area contributed by atoms with Gasteiger partial charge in [0.25, 0.3) is 0 Å². The molecule has 0 saturated heterocycles. The van der Waals surface area contributed by atoms with Crippen molar-refractivity contribution in [2.24, 2.45) is 10.8 Å². The van der Waals surface area contributed by atoms with Crippen molar-refractivity contribution in [2.45, 2.75) is 146 Å². The average molecular weight is 708 g/mol. The fraction of sp³-hybridized carbons (Fsp3) is 0.558. The van der Waals surface area contributed by atoms with E-state index in [0.717, 1.165) is 33.4 Å². The summed E-state index contributed by atoms with van der Waals surface area (Å²) in [7, 11) is 0. The van der Waals surface area contributed by atoms with Crippen LogP contribution in [-0.4, -0.2) is 20.8 Å². The Morgan fingerprint density at radius 1 is 0.489 bits per heavy atom. The van der Waals surface area contributed by atoms with Crippen molar-refractivity contribution in [3.8, 4) is 11.5 Å². The number of aromatic hydroxyl groups is 2. The monoisotopic (exact) mass is 706 g/mol. The normalized spacial score (nSPS) is 15.3. The molecule has 0 aliphatic heterocycles. The van der Waals surface area contributed by atoms with Crippen LogP contribution in [0.2, 0.25) is 0 Å². The molecule has 0 radical (unpaired) electrons. The molecule has 1 aliphatic rings. The minimum Gasteiger partial charge on any atom is -1.00 e. The van der Waals surface area contributed by atoms with Crippen LogP contribution in [0.5, 0.6) is 11.5 Å². The zero-order valence-electron chi connectivity index (χ0n) is 32.7. The number of phenolic OH excluding ortho intramolecular Hbond substituents is 2. The largest absolute Gasteiger partial charge is 1.00 e. The lowest BCUT2D eigenvalue weighted by Crippen LogP contribution is -3.00. The number of ketones is 1. The second-order valence-corrected chi connectivity index (χ2v) is 19.6. The van der Waals surface area contributed by atoms with E-state index in [-0.39, 0.29) is 66.8 Å². The smallest absolute Gasteiger partial charge is 0.351 e. The van der Waals surface area contributed by atoms with Crippen LogP contribution in [0.3, 0.4) is 0 Å². The van der Waals surface area contributed by atoms with Gasteiger partial charge in [0.15, 0.2) is 0 Å². The predicted octanol–water partition coefficient (Wildman–Crippen LogP) is 8.60.